The molecule has 0 radical (unpaired) electrons. The van der Waals surface area contributed by atoms with Crippen molar-refractivity contribution in [3.63, 3.8) is 0 Å². The minimum Gasteiger partial charge on any atom is -0.442 e. The van der Waals surface area contributed by atoms with Crippen LogP contribution < -0.4 is 4.74 Å². The van der Waals surface area contributed by atoms with E-state index in [-0.39, 0.29) is 11.4 Å². The van der Waals surface area contributed by atoms with E-state index < -0.39 is 0 Å². The lowest BCUT2D eigenvalue weighted by Crippen LogP contribution is -2.07. The van der Waals surface area contributed by atoms with Gasteiger partial charge in [0.2, 0.25) is 5.06 Å². The first-order chi connectivity index (χ1) is 13.4. The van der Waals surface area contributed by atoms with Gasteiger partial charge in [-0.2, -0.15) is 9.64 Å². The van der Waals surface area contributed by atoms with E-state index in [1.54, 1.807) is 30.6 Å². The molecular weight excluding hydrogens is 399 g/mol. The van der Waals surface area contributed by atoms with E-state index in [0.717, 1.165) is 22.8 Å². The zero-order valence-electron chi connectivity index (χ0n) is 15.4. The van der Waals surface area contributed by atoms with Crippen molar-refractivity contribution in [1.29, 1.82) is 5.26 Å². The number of halogens is 2. The van der Waals surface area contributed by atoms with E-state index in [1.165, 1.54) is 12.1 Å². The fourth-order valence-electron chi connectivity index (χ4n) is 2.39. The fourth-order valence-corrected chi connectivity index (χ4v) is 3.32. The molecule has 0 saturated heterocycles. The van der Waals surface area contributed by atoms with Crippen molar-refractivity contribution in [3.05, 3.63) is 58.4 Å². The van der Waals surface area contributed by atoms with Gasteiger partial charge in [0.15, 0.2) is 0 Å². The third-order valence-electron chi connectivity index (χ3n) is 3.77. The first-order valence-corrected chi connectivity index (χ1v) is 9.38. The van der Waals surface area contributed by atoms with E-state index in [0.29, 0.717) is 27.1 Å². The Hall–Kier alpha value is -2.95. The maximum atomic E-state index is 13.2. The van der Waals surface area contributed by atoms with Gasteiger partial charge < -0.3 is 9.64 Å². The Balaban J connectivity index is 1.93. The molecule has 0 aliphatic heterocycles. The molecule has 1 heterocycles. The van der Waals surface area contributed by atoms with Gasteiger partial charge in [-0.3, -0.25) is 0 Å². The number of hydrogen-bond donors (Lipinski definition) is 0. The maximum Gasteiger partial charge on any atom is 0.218 e. The van der Waals surface area contributed by atoms with Crippen LogP contribution in [0.25, 0.3) is 11.3 Å². The highest BCUT2D eigenvalue weighted by molar-refractivity contribution is 7.08. The molecule has 2 aromatic carbocycles. The van der Waals surface area contributed by atoms with Gasteiger partial charge in [0.1, 0.15) is 28.9 Å². The molecule has 3 aromatic rings. The monoisotopic (exact) mass is 414 g/mol. The molecule has 0 unspecified atom stereocenters. The second-order valence-electron chi connectivity index (χ2n) is 6.19. The standard InChI is InChI=1S/C20H16ClFN4OS/c1-12-8-18(16(21)9-17(12)24-11-26(2)3)27-20-15(10-23)19(25-28-20)13-4-6-14(22)7-5-13/h4-9,11H,1-3H3. The molecule has 0 amide bonds. The highest BCUT2D eigenvalue weighted by atomic mass is 35.5. The normalized spacial score (nSPS) is 10.9. The number of aryl methyl sites for hydroxylation is 1. The van der Waals surface area contributed by atoms with Crippen molar-refractivity contribution in [2.45, 2.75) is 6.92 Å². The van der Waals surface area contributed by atoms with Crippen LogP contribution in [0.1, 0.15) is 11.1 Å². The van der Waals surface area contributed by atoms with Crippen LogP contribution in [0.4, 0.5) is 10.1 Å². The molecule has 0 aliphatic rings. The summed E-state index contributed by atoms with van der Waals surface area (Å²) in [5, 5.41) is 10.3. The molecule has 0 fully saturated rings. The van der Waals surface area contributed by atoms with Crippen molar-refractivity contribution in [3.8, 4) is 28.1 Å². The number of ether oxygens (including phenoxy) is 1. The van der Waals surface area contributed by atoms with Crippen molar-refractivity contribution in [2.75, 3.05) is 14.1 Å². The summed E-state index contributed by atoms with van der Waals surface area (Å²) >= 11 is 7.39. The SMILES string of the molecule is Cc1cc(Oc2snc(-c3ccc(F)cc3)c2C#N)c(Cl)cc1N=CN(C)C. The maximum absolute atomic E-state index is 13.2. The second-order valence-corrected chi connectivity index (χ2v) is 7.33. The van der Waals surface area contributed by atoms with E-state index >= 15 is 0 Å². The number of aliphatic imine (C=N–C) groups is 1. The summed E-state index contributed by atoms with van der Waals surface area (Å²) in [7, 11) is 3.76. The molecule has 0 spiro atoms. The Labute approximate surface area is 171 Å². The minimum absolute atomic E-state index is 0.278. The third-order valence-corrected chi connectivity index (χ3v) is 4.79. The van der Waals surface area contributed by atoms with Crippen LogP contribution in [0.15, 0.2) is 41.4 Å². The lowest BCUT2D eigenvalue weighted by molar-refractivity contribution is 0.495. The average Bonchev–Trinajstić information content (AvgIpc) is 3.06. The molecular formula is C20H16ClFN4OS. The number of nitrogens with zero attached hydrogens (tertiary/aromatic N) is 4. The van der Waals surface area contributed by atoms with Crippen LogP contribution in [0.3, 0.4) is 0 Å². The van der Waals surface area contributed by atoms with Gasteiger partial charge in [-0.1, -0.05) is 11.6 Å². The Morgan fingerprint density at radius 1 is 1.29 bits per heavy atom. The lowest BCUT2D eigenvalue weighted by atomic mass is 10.1. The summed E-state index contributed by atoms with van der Waals surface area (Å²) in [5.41, 5.74) is 2.96. The first-order valence-electron chi connectivity index (χ1n) is 8.23. The zero-order chi connectivity index (χ0) is 20.3. The average molecular weight is 415 g/mol. The van der Waals surface area contributed by atoms with Crippen LogP contribution >= 0.6 is 23.1 Å². The largest absolute Gasteiger partial charge is 0.442 e. The number of benzene rings is 2. The highest BCUT2D eigenvalue weighted by Crippen LogP contribution is 2.40. The van der Waals surface area contributed by atoms with Gasteiger partial charge in [-0.15, -0.1) is 0 Å². The first kappa shape index (κ1) is 19.8. The molecule has 0 bridgehead atoms. The number of aromatic nitrogens is 1. The second kappa shape index (κ2) is 8.38. The molecule has 3 rings (SSSR count). The van der Waals surface area contributed by atoms with Gasteiger partial charge in [0, 0.05) is 31.2 Å². The van der Waals surface area contributed by atoms with Crippen molar-refractivity contribution < 1.29 is 9.13 Å². The van der Waals surface area contributed by atoms with E-state index in [9.17, 15) is 9.65 Å². The number of hydrogen-bond acceptors (Lipinski definition) is 5. The molecule has 0 saturated carbocycles. The topological polar surface area (TPSA) is 61.5 Å². The van der Waals surface area contributed by atoms with Gasteiger partial charge >= 0.3 is 0 Å². The quantitative estimate of drug-likeness (QED) is 0.391. The van der Waals surface area contributed by atoms with E-state index in [4.69, 9.17) is 16.3 Å². The van der Waals surface area contributed by atoms with Gasteiger partial charge in [0.05, 0.1) is 17.0 Å². The van der Waals surface area contributed by atoms with E-state index in [2.05, 4.69) is 15.4 Å². The lowest BCUT2D eigenvalue weighted by Gasteiger charge is -2.10. The smallest absolute Gasteiger partial charge is 0.218 e. The molecule has 5 nitrogen and oxygen atoms in total. The summed E-state index contributed by atoms with van der Waals surface area (Å²) in [5.74, 6) is 0.0574. The van der Waals surface area contributed by atoms with Crippen molar-refractivity contribution >= 4 is 35.2 Å². The summed E-state index contributed by atoms with van der Waals surface area (Å²) in [6.07, 6.45) is 1.69. The van der Waals surface area contributed by atoms with Crippen LogP contribution in [0, 0.1) is 24.1 Å². The minimum atomic E-state index is -0.353. The summed E-state index contributed by atoms with van der Waals surface area (Å²) in [6.45, 7) is 1.90. The Morgan fingerprint density at radius 3 is 2.64 bits per heavy atom. The third kappa shape index (κ3) is 4.30. The predicted molar refractivity (Wildman–Crippen MR) is 110 cm³/mol. The van der Waals surface area contributed by atoms with Crippen LogP contribution in [0.2, 0.25) is 5.02 Å². The highest BCUT2D eigenvalue weighted by Gasteiger charge is 2.19. The van der Waals surface area contributed by atoms with Crippen LogP contribution in [-0.4, -0.2) is 29.7 Å². The summed E-state index contributed by atoms with van der Waals surface area (Å²) in [4.78, 5) is 6.19. The van der Waals surface area contributed by atoms with Crippen LogP contribution in [-0.2, 0) is 0 Å². The Bertz CT molecular complexity index is 1070. The van der Waals surface area contributed by atoms with Crippen LogP contribution in [0.5, 0.6) is 10.8 Å². The molecule has 1 aromatic heterocycles. The number of nitriles is 1. The molecule has 0 N–H and O–H groups in total. The Morgan fingerprint density at radius 2 is 2.00 bits per heavy atom. The number of rotatable bonds is 5. The summed E-state index contributed by atoms with van der Waals surface area (Å²) in [6, 6.07) is 11.4. The van der Waals surface area contributed by atoms with Gasteiger partial charge in [-0.25, -0.2) is 9.38 Å². The molecule has 0 aliphatic carbocycles. The molecule has 8 heteroatoms. The summed E-state index contributed by atoms with van der Waals surface area (Å²) < 4.78 is 23.3. The Kier molecular flexibility index (Phi) is 5.93. The van der Waals surface area contributed by atoms with Gasteiger partial charge in [-0.05, 0) is 48.9 Å². The zero-order valence-corrected chi connectivity index (χ0v) is 17.0. The molecule has 28 heavy (non-hydrogen) atoms. The van der Waals surface area contributed by atoms with E-state index in [1.807, 2.05) is 25.9 Å². The van der Waals surface area contributed by atoms with Crippen molar-refractivity contribution in [2.24, 2.45) is 4.99 Å². The molecule has 142 valence electrons. The van der Waals surface area contributed by atoms with Gasteiger partial charge in [0.25, 0.3) is 0 Å². The predicted octanol–water partition coefficient (Wildman–Crippen LogP) is 5.80. The van der Waals surface area contributed by atoms with Crippen molar-refractivity contribution in [1.82, 2.24) is 9.27 Å². The fraction of sp³-hybridized carbons (Fsp3) is 0.150. The molecule has 0 atom stereocenters.